The largest absolute Gasteiger partial charge is 0.376 e. The Kier molecular flexibility index (Phi) is 8.64. The van der Waals surface area contributed by atoms with E-state index < -0.39 is 11.9 Å². The summed E-state index contributed by atoms with van der Waals surface area (Å²) in [7, 11) is 1.94. The first-order chi connectivity index (χ1) is 27.2. The van der Waals surface area contributed by atoms with E-state index in [1.54, 1.807) is 19.1 Å². The van der Waals surface area contributed by atoms with Crippen LogP contribution in [0.15, 0.2) is 71.6 Å². The minimum Gasteiger partial charge on any atom is -0.376 e. The average Bonchev–Trinajstić information content (AvgIpc) is 3.86. The molecule has 4 amide bonds. The van der Waals surface area contributed by atoms with E-state index in [0.717, 1.165) is 80.4 Å². The third-order valence-electron chi connectivity index (χ3n) is 11.2. The van der Waals surface area contributed by atoms with Crippen molar-refractivity contribution in [3.8, 4) is 23.1 Å². The lowest BCUT2D eigenvalue weighted by atomic mass is 9.99. The van der Waals surface area contributed by atoms with Crippen LogP contribution in [0.5, 0.6) is 0 Å². The number of aryl methyl sites for hydroxylation is 1. The minimum atomic E-state index is -0.676. The van der Waals surface area contributed by atoms with Gasteiger partial charge in [-0.25, -0.2) is 4.98 Å². The van der Waals surface area contributed by atoms with Crippen molar-refractivity contribution in [1.29, 1.82) is 0 Å². The van der Waals surface area contributed by atoms with Crippen LogP contribution in [0.3, 0.4) is 0 Å². The van der Waals surface area contributed by atoms with Gasteiger partial charge in [-0.1, -0.05) is 43.0 Å². The van der Waals surface area contributed by atoms with Gasteiger partial charge >= 0.3 is 0 Å². The number of aliphatic imine (C=N–C) groups is 1. The molecule has 0 saturated carbocycles. The predicted molar refractivity (Wildman–Crippen MR) is 209 cm³/mol. The van der Waals surface area contributed by atoms with Gasteiger partial charge < -0.3 is 19.7 Å². The maximum absolute atomic E-state index is 13.2. The highest BCUT2D eigenvalue weighted by Crippen LogP contribution is 2.35. The molecule has 2 atom stereocenters. The summed E-state index contributed by atoms with van der Waals surface area (Å²) in [5, 5.41) is 9.83. The molecule has 14 heteroatoms. The van der Waals surface area contributed by atoms with Crippen molar-refractivity contribution in [2.75, 3.05) is 20.1 Å². The molecule has 3 N–H and O–H groups in total. The van der Waals surface area contributed by atoms with Crippen molar-refractivity contribution in [1.82, 2.24) is 45.4 Å². The summed E-state index contributed by atoms with van der Waals surface area (Å²) in [5.74, 6) is 7.19. The summed E-state index contributed by atoms with van der Waals surface area (Å²) < 4.78 is 2.27. The number of hydrogen-bond donors (Lipinski definition) is 3. The van der Waals surface area contributed by atoms with Crippen LogP contribution < -0.4 is 16.1 Å². The number of hydrazine groups is 1. The summed E-state index contributed by atoms with van der Waals surface area (Å²) in [6.45, 7) is 6.20. The van der Waals surface area contributed by atoms with Gasteiger partial charge in [-0.05, 0) is 41.6 Å². The second kappa shape index (κ2) is 13.8. The van der Waals surface area contributed by atoms with E-state index in [0.29, 0.717) is 25.1 Å². The first-order valence-electron chi connectivity index (χ1n) is 18.9. The molecule has 4 aromatic rings. The van der Waals surface area contributed by atoms with Crippen LogP contribution in [0.4, 0.5) is 0 Å². The number of amides is 4. The Balaban J connectivity index is 0.912. The molecule has 9 rings (SSSR count). The molecule has 2 aromatic carbocycles. The highest BCUT2D eigenvalue weighted by Gasteiger charge is 2.40. The van der Waals surface area contributed by atoms with Crippen LogP contribution in [0.2, 0.25) is 0 Å². The molecule has 5 aliphatic heterocycles. The normalized spacial score (nSPS) is 20.7. The number of carbonyl (C=O) groups is 4. The molecule has 0 bridgehead atoms. The van der Waals surface area contributed by atoms with Crippen LogP contribution in [-0.4, -0.2) is 91.0 Å². The molecule has 2 saturated heterocycles. The number of aromatic nitrogens is 3. The number of likely N-dealkylation sites (N-methyl/N-ethyl adjacent to an activating group) is 1. The molecule has 7 heterocycles. The van der Waals surface area contributed by atoms with Crippen molar-refractivity contribution in [3.63, 3.8) is 0 Å². The molecule has 2 fully saturated rings. The maximum atomic E-state index is 13.2. The molecular formula is C42H40N10O4. The van der Waals surface area contributed by atoms with Crippen LogP contribution in [0, 0.1) is 11.8 Å². The Hall–Kier alpha value is -6.75. The third-order valence-corrected chi connectivity index (χ3v) is 11.2. The summed E-state index contributed by atoms with van der Waals surface area (Å²) in [5.41, 5.74) is 11.1. The molecule has 0 radical (unpaired) electrons. The maximum Gasteiger partial charge on any atom is 0.255 e. The van der Waals surface area contributed by atoms with Gasteiger partial charge in [-0.15, -0.1) is 0 Å². The Morgan fingerprint density at radius 1 is 1.07 bits per heavy atom. The van der Waals surface area contributed by atoms with E-state index in [1.165, 1.54) is 4.90 Å². The first kappa shape index (κ1) is 35.0. The molecule has 2 unspecified atom stereocenters. The smallest absolute Gasteiger partial charge is 0.255 e. The number of amidine groups is 1. The molecule has 5 aliphatic rings. The number of carbonyl (C=O) groups excluding carboxylic acids is 4. The summed E-state index contributed by atoms with van der Waals surface area (Å²) in [4.78, 5) is 67.8. The Labute approximate surface area is 323 Å². The Morgan fingerprint density at radius 2 is 1.91 bits per heavy atom. The van der Waals surface area contributed by atoms with Gasteiger partial charge in [0, 0.05) is 86.5 Å². The highest BCUT2D eigenvalue weighted by molar-refractivity contribution is 6.06. The Bertz CT molecular complexity index is 2540. The fourth-order valence-corrected chi connectivity index (χ4v) is 8.32. The van der Waals surface area contributed by atoms with E-state index in [9.17, 15) is 19.2 Å². The van der Waals surface area contributed by atoms with Crippen LogP contribution in [0.1, 0.15) is 65.4 Å². The predicted octanol–water partition coefficient (Wildman–Crippen LogP) is 2.88. The summed E-state index contributed by atoms with van der Waals surface area (Å²) in [6.07, 6.45) is 7.31. The van der Waals surface area contributed by atoms with E-state index in [4.69, 9.17) is 15.0 Å². The van der Waals surface area contributed by atoms with Crippen molar-refractivity contribution in [2.24, 2.45) is 4.99 Å². The van der Waals surface area contributed by atoms with E-state index in [1.807, 2.05) is 41.5 Å². The second-order valence-electron chi connectivity index (χ2n) is 14.5. The van der Waals surface area contributed by atoms with Gasteiger partial charge in [0.25, 0.3) is 5.91 Å². The van der Waals surface area contributed by atoms with Crippen molar-refractivity contribution in [2.45, 2.75) is 64.8 Å². The number of allylic oxidation sites excluding steroid dienone is 2. The number of imidazole rings is 1. The minimum absolute atomic E-state index is 0.0693. The number of fused-ring (bicyclic) bond motifs is 4. The van der Waals surface area contributed by atoms with Gasteiger partial charge in [0.1, 0.15) is 30.3 Å². The van der Waals surface area contributed by atoms with Gasteiger partial charge in [-0.2, -0.15) is 0 Å². The summed E-state index contributed by atoms with van der Waals surface area (Å²) in [6, 6.07) is 12.9. The number of rotatable bonds is 5. The number of piperidine rings is 1. The molecule has 0 aliphatic carbocycles. The van der Waals surface area contributed by atoms with Gasteiger partial charge in [-0.3, -0.25) is 44.9 Å². The lowest BCUT2D eigenvalue weighted by molar-refractivity contribution is -0.137. The van der Waals surface area contributed by atoms with E-state index in [2.05, 4.69) is 63.7 Å². The first-order valence-corrected chi connectivity index (χ1v) is 18.9. The molecule has 14 nitrogen and oxygen atoms in total. The number of benzene rings is 2. The standard InChI is InChI=1S/C42H40N10O4/c1-4-36-46-38(35-23-50(24(2)53)16-17-51(35)36)28-11-6-9-26-18-32(44-21-30(26)28)27-19-34-39(45-20-27)40(48-49(34)3)43-15-7-10-25-8-5-12-29-31(25)22-52(42(29)56)33-13-14-37(54)47-41(33)55/h5-6,8-9,11-12,18-21,33,39,45H,4,13-17,22-23H2,1-3H3,(H,43,48)(H,47,54,55). The zero-order chi connectivity index (χ0) is 38.7. The topological polar surface area (TPSA) is 157 Å². The number of nitrogens with one attached hydrogen (secondary N) is 3. The zero-order valence-electron chi connectivity index (χ0n) is 31.3. The monoisotopic (exact) mass is 748 g/mol. The molecule has 0 spiro atoms. The zero-order valence-corrected chi connectivity index (χ0v) is 31.3. The van der Waals surface area contributed by atoms with Gasteiger partial charge in [0.2, 0.25) is 17.7 Å². The third kappa shape index (κ3) is 5.96. The second-order valence-corrected chi connectivity index (χ2v) is 14.5. The number of imide groups is 1. The summed E-state index contributed by atoms with van der Waals surface area (Å²) >= 11 is 0. The van der Waals surface area contributed by atoms with Gasteiger partial charge in [0.15, 0.2) is 0 Å². The van der Waals surface area contributed by atoms with Crippen molar-refractivity contribution in [3.05, 3.63) is 101 Å². The van der Waals surface area contributed by atoms with Gasteiger partial charge in [0.05, 0.1) is 29.3 Å². The number of hydrogen-bond acceptors (Lipinski definition) is 9. The lowest BCUT2D eigenvalue weighted by Crippen LogP contribution is -2.52. The van der Waals surface area contributed by atoms with Crippen molar-refractivity contribution < 1.29 is 19.2 Å². The van der Waals surface area contributed by atoms with E-state index >= 15 is 0 Å². The number of pyridine rings is 1. The highest BCUT2D eigenvalue weighted by atomic mass is 16.2. The molecule has 282 valence electrons. The van der Waals surface area contributed by atoms with Crippen LogP contribution >= 0.6 is 0 Å². The number of nitrogens with zero attached hydrogens (tertiary/aromatic N) is 7. The van der Waals surface area contributed by atoms with Crippen LogP contribution in [-0.2, 0) is 40.4 Å². The molecule has 2 aromatic heterocycles. The lowest BCUT2D eigenvalue weighted by Gasteiger charge is -2.29. The van der Waals surface area contributed by atoms with E-state index in [-0.39, 0.29) is 43.3 Å². The fraction of sp³-hybridized carbons (Fsp3) is 0.310. The fourth-order valence-electron chi connectivity index (χ4n) is 8.32. The molecule has 56 heavy (non-hydrogen) atoms. The quantitative estimate of drug-likeness (QED) is 0.206. The number of dihydropyridines is 1. The van der Waals surface area contributed by atoms with Crippen LogP contribution in [0.25, 0.3) is 27.6 Å². The van der Waals surface area contributed by atoms with Crippen molar-refractivity contribution >= 4 is 45.8 Å². The SMILES string of the molecule is CCc1nc(-c2cccc3cc(C4=CNC5C(=C4)N(C)NC5=NCC#Cc4cccc5c4CN(C4CCC(=O)NC4=O)C5=O)ncc23)c2n1CCN(C(C)=O)C2. The average molecular weight is 749 g/mol. The molecular weight excluding hydrogens is 709 g/mol. The Morgan fingerprint density at radius 3 is 2.73 bits per heavy atom.